The molecule has 12 rings (SSSR count). The number of aromatic nitrogens is 1. The first-order valence-electron chi connectivity index (χ1n) is 20.1. The van der Waals surface area contributed by atoms with Crippen LogP contribution in [0.25, 0.3) is 98.0 Å². The predicted octanol–water partition coefficient (Wildman–Crippen LogP) is 16.2. The van der Waals surface area contributed by atoms with Crippen molar-refractivity contribution in [2.24, 2.45) is 0 Å². The van der Waals surface area contributed by atoms with Crippen molar-refractivity contribution in [2.75, 3.05) is 4.90 Å². The highest BCUT2D eigenvalue weighted by atomic mass is 32.1. The fourth-order valence-electron chi connectivity index (χ4n) is 8.47. The van der Waals surface area contributed by atoms with Crippen LogP contribution in [0.15, 0.2) is 215 Å². The highest BCUT2D eigenvalue weighted by Crippen LogP contribution is 2.42. The minimum atomic E-state index is 0.634. The minimum absolute atomic E-state index is 0.634. The maximum absolute atomic E-state index is 6.35. The average molecular weight is 787 g/mol. The second-order valence-electron chi connectivity index (χ2n) is 15.2. The molecule has 0 spiro atoms. The van der Waals surface area contributed by atoms with Gasteiger partial charge in [0.05, 0.1) is 0 Å². The van der Waals surface area contributed by atoms with E-state index < -0.39 is 0 Å². The Morgan fingerprint density at radius 2 is 0.850 bits per heavy atom. The first kappa shape index (κ1) is 34.3. The molecule has 4 nitrogen and oxygen atoms in total. The molecule has 0 unspecified atom stereocenters. The topological polar surface area (TPSA) is 42.4 Å². The van der Waals surface area contributed by atoms with Gasteiger partial charge in [0.15, 0.2) is 5.58 Å². The average Bonchev–Trinajstić information content (AvgIpc) is 4.02. The largest absolute Gasteiger partial charge is 0.456 e. The Hall–Kier alpha value is -7.73. The molecule has 0 N–H and O–H groups in total. The number of anilines is 3. The first-order valence-corrected chi connectivity index (χ1v) is 20.9. The molecule has 0 bridgehead atoms. The fourth-order valence-corrected chi connectivity index (χ4v) is 9.63. The van der Waals surface area contributed by atoms with Gasteiger partial charge in [0.2, 0.25) is 5.89 Å². The number of hydrogen-bond donors (Lipinski definition) is 0. The lowest BCUT2D eigenvalue weighted by Crippen LogP contribution is -2.09. The Morgan fingerprint density at radius 1 is 0.333 bits per heavy atom. The maximum atomic E-state index is 6.35. The van der Waals surface area contributed by atoms with E-state index in [1.807, 2.05) is 18.2 Å². The van der Waals surface area contributed by atoms with E-state index in [0.29, 0.717) is 5.89 Å². The SMILES string of the molecule is c1ccc(-c2ccc(-c3nc4cc5c(cc4o3)sc3cc(-c4ccc(N(c6ccc(-c7ccccc7)cc6)c6ccc7c(c6)oc6ccccc67)cc4)ccc35)cc2)cc1. The number of fused-ring (bicyclic) bond motifs is 7. The summed E-state index contributed by atoms with van der Waals surface area (Å²) in [6, 6.07) is 72.8. The molecule has 0 fully saturated rings. The molecule has 0 atom stereocenters. The quantitative estimate of drug-likeness (QED) is 0.161. The summed E-state index contributed by atoms with van der Waals surface area (Å²) in [5, 5.41) is 4.65. The summed E-state index contributed by atoms with van der Waals surface area (Å²) < 4.78 is 15.1. The van der Waals surface area contributed by atoms with Gasteiger partial charge in [0.25, 0.3) is 0 Å². The minimum Gasteiger partial charge on any atom is -0.456 e. The number of nitrogens with zero attached hydrogens (tertiary/aromatic N) is 2. The third-order valence-corrected chi connectivity index (χ3v) is 12.6. The van der Waals surface area contributed by atoms with E-state index in [9.17, 15) is 0 Å². The van der Waals surface area contributed by atoms with Gasteiger partial charge >= 0.3 is 0 Å². The summed E-state index contributed by atoms with van der Waals surface area (Å²) in [4.78, 5) is 7.23. The van der Waals surface area contributed by atoms with Gasteiger partial charge in [0.1, 0.15) is 16.7 Å². The standard InChI is InChI=1S/C55H34N2O2S/c1-3-9-35(10-4-1)37-15-17-40(18-16-37)55-56-49-33-48-47-29-23-41(31-53(47)60-54(48)34-52(49)59-55)39-21-26-43(27-22-39)57(42-24-19-38(20-25-42)36-11-5-2-6-12-36)44-28-30-46-45-13-7-8-14-50(45)58-51(46)32-44/h1-34H. The molecule has 0 aliphatic rings. The number of hydrogen-bond acceptors (Lipinski definition) is 5. The number of furan rings is 1. The lowest BCUT2D eigenvalue weighted by atomic mass is 10.0. The van der Waals surface area contributed by atoms with Crippen molar-refractivity contribution in [2.45, 2.75) is 0 Å². The van der Waals surface area contributed by atoms with Crippen molar-refractivity contribution in [1.29, 1.82) is 0 Å². The number of benzene rings is 9. The van der Waals surface area contributed by atoms with Crippen molar-refractivity contribution in [3.8, 4) is 44.8 Å². The molecule has 282 valence electrons. The molecular weight excluding hydrogens is 753 g/mol. The van der Waals surface area contributed by atoms with E-state index in [4.69, 9.17) is 13.8 Å². The maximum Gasteiger partial charge on any atom is 0.227 e. The Labute approximate surface area is 349 Å². The van der Waals surface area contributed by atoms with Gasteiger partial charge < -0.3 is 13.7 Å². The van der Waals surface area contributed by atoms with Crippen LogP contribution in [0.5, 0.6) is 0 Å². The smallest absolute Gasteiger partial charge is 0.227 e. The summed E-state index contributed by atoms with van der Waals surface area (Å²) in [6.07, 6.45) is 0. The van der Waals surface area contributed by atoms with Crippen molar-refractivity contribution in [3.05, 3.63) is 206 Å². The number of para-hydroxylation sites is 1. The zero-order chi connectivity index (χ0) is 39.6. The van der Waals surface area contributed by atoms with E-state index in [0.717, 1.165) is 61.2 Å². The van der Waals surface area contributed by atoms with Crippen LogP contribution in [0.2, 0.25) is 0 Å². The van der Waals surface area contributed by atoms with Gasteiger partial charge in [-0.2, -0.15) is 0 Å². The molecule has 5 heteroatoms. The molecular formula is C55H34N2O2S. The van der Waals surface area contributed by atoms with E-state index in [1.54, 1.807) is 11.3 Å². The number of oxazole rings is 1. The van der Waals surface area contributed by atoms with Gasteiger partial charge in [-0.1, -0.05) is 127 Å². The van der Waals surface area contributed by atoms with Crippen LogP contribution in [0.3, 0.4) is 0 Å². The predicted molar refractivity (Wildman–Crippen MR) is 251 cm³/mol. The van der Waals surface area contributed by atoms with E-state index in [-0.39, 0.29) is 0 Å². The molecule has 0 radical (unpaired) electrons. The third-order valence-electron chi connectivity index (χ3n) is 11.5. The fraction of sp³-hybridized carbons (Fsp3) is 0. The highest BCUT2D eigenvalue weighted by molar-refractivity contribution is 7.25. The van der Waals surface area contributed by atoms with Crippen LogP contribution < -0.4 is 4.90 Å². The van der Waals surface area contributed by atoms with Gasteiger partial charge in [-0.05, 0) is 100 Å². The zero-order valence-corrected chi connectivity index (χ0v) is 33.1. The van der Waals surface area contributed by atoms with Crippen LogP contribution in [0.1, 0.15) is 0 Å². The summed E-state index contributed by atoms with van der Waals surface area (Å²) in [7, 11) is 0. The Morgan fingerprint density at radius 3 is 1.55 bits per heavy atom. The van der Waals surface area contributed by atoms with E-state index >= 15 is 0 Å². The molecule has 60 heavy (non-hydrogen) atoms. The third kappa shape index (κ3) is 5.95. The number of rotatable bonds is 7. The van der Waals surface area contributed by atoms with Crippen LogP contribution in [-0.4, -0.2) is 4.98 Å². The molecule has 0 aliphatic heterocycles. The molecule has 0 aliphatic carbocycles. The first-order chi connectivity index (χ1) is 29.7. The monoisotopic (exact) mass is 786 g/mol. The lowest BCUT2D eigenvalue weighted by molar-refractivity contribution is 0.620. The van der Waals surface area contributed by atoms with Crippen LogP contribution in [-0.2, 0) is 0 Å². The molecule has 0 saturated heterocycles. The normalized spacial score (nSPS) is 11.7. The molecule has 3 aromatic heterocycles. The highest BCUT2D eigenvalue weighted by Gasteiger charge is 2.18. The summed E-state index contributed by atoms with van der Waals surface area (Å²) in [5.74, 6) is 0.634. The van der Waals surface area contributed by atoms with Crippen LogP contribution in [0.4, 0.5) is 17.1 Å². The van der Waals surface area contributed by atoms with Gasteiger partial charge in [0, 0.05) is 65.7 Å². The Bertz CT molecular complexity index is 3510. The van der Waals surface area contributed by atoms with Gasteiger partial charge in [-0.25, -0.2) is 4.98 Å². The molecule has 9 aromatic carbocycles. The summed E-state index contributed by atoms with van der Waals surface area (Å²) in [5.41, 5.74) is 14.6. The molecule has 3 heterocycles. The second-order valence-corrected chi connectivity index (χ2v) is 16.2. The molecule has 0 saturated carbocycles. The molecule has 0 amide bonds. The van der Waals surface area contributed by atoms with Gasteiger partial charge in [-0.3, -0.25) is 0 Å². The lowest BCUT2D eigenvalue weighted by Gasteiger charge is -2.26. The van der Waals surface area contributed by atoms with E-state index in [2.05, 4.69) is 193 Å². The van der Waals surface area contributed by atoms with Crippen molar-refractivity contribution in [1.82, 2.24) is 4.98 Å². The second kappa shape index (κ2) is 14.0. The van der Waals surface area contributed by atoms with Crippen LogP contribution >= 0.6 is 11.3 Å². The Kier molecular flexibility index (Phi) is 8.00. The summed E-state index contributed by atoms with van der Waals surface area (Å²) in [6.45, 7) is 0. The van der Waals surface area contributed by atoms with Crippen molar-refractivity contribution >= 4 is 81.6 Å². The Balaban J connectivity index is 0.868. The van der Waals surface area contributed by atoms with Gasteiger partial charge in [-0.15, -0.1) is 11.3 Å². The molecule has 12 aromatic rings. The number of thiophene rings is 1. The van der Waals surface area contributed by atoms with E-state index in [1.165, 1.54) is 48.0 Å². The summed E-state index contributed by atoms with van der Waals surface area (Å²) >= 11 is 1.79. The zero-order valence-electron chi connectivity index (χ0n) is 32.2. The van der Waals surface area contributed by atoms with Crippen molar-refractivity contribution in [3.63, 3.8) is 0 Å². The van der Waals surface area contributed by atoms with Crippen LogP contribution in [0, 0.1) is 0 Å². The van der Waals surface area contributed by atoms with Crippen molar-refractivity contribution < 1.29 is 8.83 Å².